The molecule has 1 aromatic heterocycles. The van der Waals surface area contributed by atoms with E-state index in [4.69, 9.17) is 5.26 Å². The van der Waals surface area contributed by atoms with E-state index in [9.17, 15) is 28.2 Å². The molecule has 0 bridgehead atoms. The highest BCUT2D eigenvalue weighted by molar-refractivity contribution is 7.10. The molecule has 9 heteroatoms. The Balaban J connectivity index is 2.11. The number of hydrogen-bond acceptors (Lipinski definition) is 5. The first-order valence-corrected chi connectivity index (χ1v) is 8.12. The maximum Gasteiger partial charge on any atom is 0.416 e. The summed E-state index contributed by atoms with van der Waals surface area (Å²) in [4.78, 5) is 12.6. The Morgan fingerprint density at radius 1 is 1.27 bits per heavy atom. The lowest BCUT2D eigenvalue weighted by molar-refractivity contribution is -0.137. The van der Waals surface area contributed by atoms with Crippen LogP contribution in [-0.2, 0) is 11.0 Å². The SMILES string of the molecule is N#C/C(C(=O)Nc1ccc(C(F)(F)F)cc1)=C(/O)CC(O)c1cccs1. The van der Waals surface area contributed by atoms with Crippen molar-refractivity contribution >= 4 is 22.9 Å². The minimum absolute atomic E-state index is 0.0300. The summed E-state index contributed by atoms with van der Waals surface area (Å²) < 4.78 is 37.5. The monoisotopic (exact) mass is 382 g/mol. The molecule has 0 saturated carbocycles. The van der Waals surface area contributed by atoms with Gasteiger partial charge in [0.05, 0.1) is 11.7 Å². The number of alkyl halides is 3. The van der Waals surface area contributed by atoms with Gasteiger partial charge in [-0.2, -0.15) is 18.4 Å². The van der Waals surface area contributed by atoms with Gasteiger partial charge in [-0.05, 0) is 35.7 Å². The fraction of sp³-hybridized carbons (Fsp3) is 0.176. The Morgan fingerprint density at radius 2 is 1.92 bits per heavy atom. The lowest BCUT2D eigenvalue weighted by Gasteiger charge is -2.11. The maximum atomic E-state index is 12.5. The van der Waals surface area contributed by atoms with Crippen molar-refractivity contribution in [1.82, 2.24) is 0 Å². The molecule has 0 spiro atoms. The Kier molecular flexibility index (Phi) is 6.02. The van der Waals surface area contributed by atoms with Crippen molar-refractivity contribution < 1.29 is 28.2 Å². The first-order chi connectivity index (χ1) is 12.2. The van der Waals surface area contributed by atoms with E-state index >= 15 is 0 Å². The molecule has 1 aromatic carbocycles. The number of halogens is 3. The molecule has 0 aliphatic heterocycles. The van der Waals surface area contributed by atoms with E-state index < -0.39 is 35.1 Å². The summed E-state index contributed by atoms with van der Waals surface area (Å²) in [5.41, 5.74) is -1.48. The number of anilines is 1. The molecule has 1 unspecified atom stereocenters. The van der Waals surface area contributed by atoms with Gasteiger partial charge in [-0.1, -0.05) is 6.07 Å². The van der Waals surface area contributed by atoms with Crippen molar-refractivity contribution in [3.8, 4) is 6.07 Å². The summed E-state index contributed by atoms with van der Waals surface area (Å²) >= 11 is 1.25. The van der Waals surface area contributed by atoms with Crippen molar-refractivity contribution in [2.45, 2.75) is 18.7 Å². The minimum atomic E-state index is -4.50. The van der Waals surface area contributed by atoms with Crippen LogP contribution in [0.25, 0.3) is 0 Å². The summed E-state index contributed by atoms with van der Waals surface area (Å²) in [6.45, 7) is 0. The Hall–Kier alpha value is -2.83. The second-order valence-electron chi connectivity index (χ2n) is 5.20. The van der Waals surface area contributed by atoms with E-state index in [1.165, 1.54) is 17.4 Å². The molecule has 5 nitrogen and oxygen atoms in total. The lowest BCUT2D eigenvalue weighted by Crippen LogP contribution is -2.16. The summed E-state index contributed by atoms with van der Waals surface area (Å²) in [5, 5.41) is 33.0. The molecule has 1 heterocycles. The quantitative estimate of drug-likeness (QED) is 0.411. The van der Waals surface area contributed by atoms with Gasteiger partial charge >= 0.3 is 6.18 Å². The standard InChI is InChI=1S/C17H13F3N2O3S/c18-17(19,20)10-3-5-11(6-4-10)22-16(25)12(9-21)13(23)8-14(24)15-2-1-7-26-15/h1-7,14,23-24H,8H2,(H,22,25)/b13-12-. The second kappa shape index (κ2) is 8.03. The van der Waals surface area contributed by atoms with Crippen molar-refractivity contribution in [1.29, 1.82) is 5.26 Å². The van der Waals surface area contributed by atoms with E-state index in [1.807, 2.05) is 0 Å². The van der Waals surface area contributed by atoms with Gasteiger partial charge in [-0.25, -0.2) is 0 Å². The van der Waals surface area contributed by atoms with E-state index in [2.05, 4.69) is 5.32 Å². The van der Waals surface area contributed by atoms with Gasteiger partial charge in [-0.15, -0.1) is 11.3 Å². The first kappa shape index (κ1) is 19.5. The number of amides is 1. The van der Waals surface area contributed by atoms with E-state index in [0.29, 0.717) is 4.88 Å². The number of nitrogens with zero attached hydrogens (tertiary/aromatic N) is 1. The highest BCUT2D eigenvalue weighted by Gasteiger charge is 2.30. The van der Waals surface area contributed by atoms with Crippen LogP contribution in [0.4, 0.5) is 18.9 Å². The van der Waals surface area contributed by atoms with Crippen LogP contribution in [0.15, 0.2) is 53.1 Å². The van der Waals surface area contributed by atoms with Gasteiger partial charge in [0.15, 0.2) is 5.57 Å². The third-order valence-electron chi connectivity index (χ3n) is 3.36. The number of rotatable bonds is 5. The predicted molar refractivity (Wildman–Crippen MR) is 89.2 cm³/mol. The van der Waals surface area contributed by atoms with Gasteiger partial charge in [0.2, 0.25) is 0 Å². The zero-order valence-electron chi connectivity index (χ0n) is 13.1. The van der Waals surface area contributed by atoms with E-state index in [-0.39, 0.29) is 12.1 Å². The molecule has 3 N–H and O–H groups in total. The molecule has 0 fully saturated rings. The summed E-state index contributed by atoms with van der Waals surface area (Å²) in [5.74, 6) is -1.60. The van der Waals surface area contributed by atoms with Gasteiger partial charge in [-0.3, -0.25) is 4.79 Å². The van der Waals surface area contributed by atoms with Gasteiger partial charge in [0, 0.05) is 17.0 Å². The molecule has 0 aliphatic rings. The number of aliphatic hydroxyl groups is 2. The van der Waals surface area contributed by atoms with Crippen LogP contribution in [0.5, 0.6) is 0 Å². The van der Waals surface area contributed by atoms with Crippen LogP contribution in [-0.4, -0.2) is 16.1 Å². The highest BCUT2D eigenvalue weighted by Crippen LogP contribution is 2.30. The number of nitriles is 1. The van der Waals surface area contributed by atoms with Gasteiger partial charge in [0.1, 0.15) is 11.8 Å². The molecule has 0 radical (unpaired) electrons. The molecule has 1 amide bonds. The first-order valence-electron chi connectivity index (χ1n) is 7.24. The number of carbonyl (C=O) groups excluding carboxylic acids is 1. The Morgan fingerprint density at radius 3 is 2.42 bits per heavy atom. The summed E-state index contributed by atoms with van der Waals surface area (Å²) in [6.07, 6.45) is -5.93. The van der Waals surface area contributed by atoms with Crippen LogP contribution in [0.2, 0.25) is 0 Å². The molecule has 2 aromatic rings. The summed E-state index contributed by atoms with van der Waals surface area (Å²) in [6, 6.07) is 8.51. The van der Waals surface area contributed by atoms with Crippen molar-refractivity contribution in [2.75, 3.05) is 5.32 Å². The van der Waals surface area contributed by atoms with Crippen LogP contribution < -0.4 is 5.32 Å². The molecule has 136 valence electrons. The number of benzene rings is 1. The molecule has 1 atom stereocenters. The second-order valence-corrected chi connectivity index (χ2v) is 6.18. The maximum absolute atomic E-state index is 12.5. The fourth-order valence-corrected chi connectivity index (χ4v) is 2.76. The average molecular weight is 382 g/mol. The average Bonchev–Trinajstić information content (AvgIpc) is 3.09. The number of thiophene rings is 1. The zero-order chi connectivity index (χ0) is 19.3. The topological polar surface area (TPSA) is 93.4 Å². The zero-order valence-corrected chi connectivity index (χ0v) is 13.9. The fourth-order valence-electron chi connectivity index (χ4n) is 2.05. The molecule has 2 rings (SSSR count). The molecular weight excluding hydrogens is 369 g/mol. The van der Waals surface area contributed by atoms with Crippen molar-refractivity contribution in [2.24, 2.45) is 0 Å². The van der Waals surface area contributed by atoms with Gasteiger partial charge in [0.25, 0.3) is 5.91 Å². The minimum Gasteiger partial charge on any atom is -0.511 e. The summed E-state index contributed by atoms with van der Waals surface area (Å²) in [7, 11) is 0. The predicted octanol–water partition coefficient (Wildman–Crippen LogP) is 4.16. The number of hydrogen-bond donors (Lipinski definition) is 3. The van der Waals surface area contributed by atoms with Gasteiger partial charge < -0.3 is 15.5 Å². The van der Waals surface area contributed by atoms with Crippen LogP contribution in [0, 0.1) is 11.3 Å². The molecular formula is C17H13F3N2O3S. The van der Waals surface area contributed by atoms with E-state index in [0.717, 1.165) is 24.3 Å². The lowest BCUT2D eigenvalue weighted by atomic mass is 10.1. The van der Waals surface area contributed by atoms with Crippen molar-refractivity contribution in [3.05, 3.63) is 63.6 Å². The third kappa shape index (κ3) is 4.84. The van der Waals surface area contributed by atoms with Crippen LogP contribution >= 0.6 is 11.3 Å². The number of nitrogens with one attached hydrogen (secondary N) is 1. The molecule has 0 aliphatic carbocycles. The molecule has 26 heavy (non-hydrogen) atoms. The smallest absolute Gasteiger partial charge is 0.416 e. The van der Waals surface area contributed by atoms with Crippen LogP contribution in [0.1, 0.15) is 23.0 Å². The molecule has 0 saturated heterocycles. The van der Waals surface area contributed by atoms with Crippen LogP contribution in [0.3, 0.4) is 0 Å². The van der Waals surface area contributed by atoms with Crippen molar-refractivity contribution in [3.63, 3.8) is 0 Å². The third-order valence-corrected chi connectivity index (χ3v) is 4.33. The highest BCUT2D eigenvalue weighted by atomic mass is 32.1. The number of aliphatic hydroxyl groups excluding tert-OH is 2. The Labute approximate surface area is 150 Å². The van der Waals surface area contributed by atoms with E-state index in [1.54, 1.807) is 17.5 Å². The largest absolute Gasteiger partial charge is 0.511 e. The normalized spacial score (nSPS) is 13.5. The number of carbonyl (C=O) groups is 1. The Bertz CT molecular complexity index is 838.